The molecule has 0 radical (unpaired) electrons. The summed E-state index contributed by atoms with van der Waals surface area (Å²) in [5.41, 5.74) is 2.30. The van der Waals surface area contributed by atoms with Crippen molar-refractivity contribution < 1.29 is 9.66 Å². The van der Waals surface area contributed by atoms with Crippen LogP contribution in [0, 0.1) is 17.0 Å². The molecular weight excluding hydrogens is 580 g/mol. The summed E-state index contributed by atoms with van der Waals surface area (Å²) in [5.74, 6) is 0.527. The lowest BCUT2D eigenvalue weighted by Crippen LogP contribution is -2.22. The minimum absolute atomic E-state index is 0.0612. The Kier molecular flexibility index (Phi) is 7.42. The van der Waals surface area contributed by atoms with Gasteiger partial charge >= 0.3 is 5.69 Å². The summed E-state index contributed by atoms with van der Waals surface area (Å²) in [6.45, 7) is 3.97. The van der Waals surface area contributed by atoms with Crippen molar-refractivity contribution in [3.63, 3.8) is 0 Å². The first-order chi connectivity index (χ1) is 16.8. The van der Waals surface area contributed by atoms with Crippen molar-refractivity contribution in [2.75, 3.05) is 0 Å². The number of rotatable bonds is 7. The second-order valence-corrected chi connectivity index (χ2v) is 9.61. The SMILES string of the molecule is CCc1nc2ccc(Br)cc2c(=O)n1N=Cc1cc(Br)cc([N+](=O)[O-])c1OCc1cccc(C)c1. The molecule has 0 spiro atoms. The number of nitrogens with zero attached hydrogens (tertiary/aromatic N) is 4. The normalized spacial score (nSPS) is 11.3. The molecule has 0 fully saturated rings. The molecule has 0 aliphatic heterocycles. The Morgan fingerprint density at radius 3 is 2.66 bits per heavy atom. The average Bonchev–Trinajstić information content (AvgIpc) is 2.82. The fraction of sp³-hybridized carbons (Fsp3) is 0.160. The molecule has 10 heteroatoms. The summed E-state index contributed by atoms with van der Waals surface area (Å²) in [4.78, 5) is 29.0. The van der Waals surface area contributed by atoms with E-state index in [0.717, 1.165) is 15.6 Å². The van der Waals surface area contributed by atoms with Gasteiger partial charge in [-0.3, -0.25) is 14.9 Å². The maximum absolute atomic E-state index is 13.2. The maximum atomic E-state index is 13.2. The van der Waals surface area contributed by atoms with Crippen molar-refractivity contribution in [2.24, 2.45) is 5.10 Å². The van der Waals surface area contributed by atoms with Crippen LogP contribution in [0.1, 0.15) is 29.4 Å². The van der Waals surface area contributed by atoms with Crippen molar-refractivity contribution in [1.29, 1.82) is 0 Å². The van der Waals surface area contributed by atoms with E-state index in [1.54, 1.807) is 18.2 Å². The number of aryl methyl sites for hydroxylation is 2. The first-order valence-corrected chi connectivity index (χ1v) is 12.3. The van der Waals surface area contributed by atoms with Gasteiger partial charge in [0.1, 0.15) is 12.4 Å². The van der Waals surface area contributed by atoms with Gasteiger partial charge in [0.25, 0.3) is 5.56 Å². The molecule has 0 atom stereocenters. The lowest BCUT2D eigenvalue weighted by Gasteiger charge is -2.12. The summed E-state index contributed by atoms with van der Waals surface area (Å²) in [6, 6.07) is 16.0. The van der Waals surface area contributed by atoms with Crippen LogP contribution in [-0.2, 0) is 13.0 Å². The molecule has 178 valence electrons. The molecule has 0 unspecified atom stereocenters. The highest BCUT2D eigenvalue weighted by molar-refractivity contribution is 9.10. The van der Waals surface area contributed by atoms with E-state index < -0.39 is 4.92 Å². The van der Waals surface area contributed by atoms with Crippen LogP contribution in [0.5, 0.6) is 5.75 Å². The number of benzene rings is 3. The minimum atomic E-state index is -0.508. The molecule has 4 aromatic rings. The highest BCUT2D eigenvalue weighted by Gasteiger charge is 2.21. The highest BCUT2D eigenvalue weighted by atomic mass is 79.9. The maximum Gasteiger partial charge on any atom is 0.312 e. The largest absolute Gasteiger partial charge is 0.481 e. The first-order valence-electron chi connectivity index (χ1n) is 10.7. The van der Waals surface area contributed by atoms with E-state index in [-0.39, 0.29) is 23.6 Å². The number of nitro benzene ring substituents is 1. The van der Waals surface area contributed by atoms with Gasteiger partial charge in [0.05, 0.1) is 22.0 Å². The van der Waals surface area contributed by atoms with Crippen molar-refractivity contribution in [2.45, 2.75) is 26.9 Å². The Morgan fingerprint density at radius 1 is 1.14 bits per heavy atom. The molecule has 0 saturated carbocycles. The number of ether oxygens (including phenoxy) is 1. The van der Waals surface area contributed by atoms with Crippen LogP contribution in [-0.4, -0.2) is 20.8 Å². The van der Waals surface area contributed by atoms with Crippen LogP contribution in [0.25, 0.3) is 10.9 Å². The number of fused-ring (bicyclic) bond motifs is 1. The summed E-state index contributed by atoms with van der Waals surface area (Å²) < 4.78 is 8.37. The number of halogens is 2. The molecule has 0 amide bonds. The zero-order chi connectivity index (χ0) is 25.1. The third-order valence-electron chi connectivity index (χ3n) is 5.23. The lowest BCUT2D eigenvalue weighted by atomic mass is 10.1. The van der Waals surface area contributed by atoms with Gasteiger partial charge in [-0.1, -0.05) is 68.6 Å². The zero-order valence-electron chi connectivity index (χ0n) is 18.9. The monoisotopic (exact) mass is 598 g/mol. The van der Waals surface area contributed by atoms with Gasteiger partial charge in [0.2, 0.25) is 5.75 Å². The molecule has 35 heavy (non-hydrogen) atoms. The Labute approximate surface area is 217 Å². The third-order valence-corrected chi connectivity index (χ3v) is 6.18. The molecule has 0 aliphatic carbocycles. The van der Waals surface area contributed by atoms with Crippen molar-refractivity contribution >= 4 is 54.7 Å². The fourth-order valence-electron chi connectivity index (χ4n) is 3.61. The van der Waals surface area contributed by atoms with Gasteiger partial charge in [0, 0.05) is 27.0 Å². The number of aromatic nitrogens is 2. The molecule has 4 rings (SSSR count). The van der Waals surface area contributed by atoms with Gasteiger partial charge in [-0.05, 0) is 36.8 Å². The Morgan fingerprint density at radius 2 is 1.94 bits per heavy atom. The van der Waals surface area contributed by atoms with Gasteiger partial charge in [-0.15, -0.1) is 0 Å². The summed E-state index contributed by atoms with van der Waals surface area (Å²) >= 11 is 6.71. The van der Waals surface area contributed by atoms with Crippen LogP contribution in [0.15, 0.2) is 73.4 Å². The lowest BCUT2D eigenvalue weighted by molar-refractivity contribution is -0.386. The third kappa shape index (κ3) is 5.49. The van der Waals surface area contributed by atoms with E-state index in [2.05, 4.69) is 41.9 Å². The van der Waals surface area contributed by atoms with E-state index in [0.29, 0.717) is 33.2 Å². The second-order valence-electron chi connectivity index (χ2n) is 7.78. The van der Waals surface area contributed by atoms with E-state index in [9.17, 15) is 14.9 Å². The van der Waals surface area contributed by atoms with Crippen LogP contribution in [0.2, 0.25) is 0 Å². The average molecular weight is 600 g/mol. The highest BCUT2D eigenvalue weighted by Crippen LogP contribution is 2.34. The van der Waals surface area contributed by atoms with E-state index in [1.165, 1.54) is 17.0 Å². The van der Waals surface area contributed by atoms with E-state index in [4.69, 9.17) is 4.74 Å². The quantitative estimate of drug-likeness (QED) is 0.144. The van der Waals surface area contributed by atoms with Crippen molar-refractivity contribution in [3.8, 4) is 5.75 Å². The first kappa shape index (κ1) is 24.7. The van der Waals surface area contributed by atoms with Crippen LogP contribution in [0.3, 0.4) is 0 Å². The molecule has 3 aromatic carbocycles. The van der Waals surface area contributed by atoms with E-state index >= 15 is 0 Å². The smallest absolute Gasteiger partial charge is 0.312 e. The van der Waals surface area contributed by atoms with Gasteiger partial charge < -0.3 is 4.74 Å². The Bertz CT molecular complexity index is 1530. The molecule has 1 heterocycles. The Hall–Kier alpha value is -3.37. The van der Waals surface area contributed by atoms with Crippen molar-refractivity contribution in [3.05, 3.63) is 107 Å². The fourth-order valence-corrected chi connectivity index (χ4v) is 4.43. The van der Waals surface area contributed by atoms with Gasteiger partial charge in [-0.25, -0.2) is 4.98 Å². The molecular formula is C25H20Br2N4O4. The van der Waals surface area contributed by atoms with Gasteiger partial charge in [-0.2, -0.15) is 9.78 Å². The molecule has 0 saturated heterocycles. The minimum Gasteiger partial charge on any atom is -0.481 e. The molecule has 8 nitrogen and oxygen atoms in total. The molecule has 0 aliphatic rings. The molecule has 0 N–H and O–H groups in total. The van der Waals surface area contributed by atoms with Crippen molar-refractivity contribution in [1.82, 2.24) is 9.66 Å². The predicted octanol–water partition coefficient (Wildman–Crippen LogP) is 6.16. The summed E-state index contributed by atoms with van der Waals surface area (Å²) in [5, 5.41) is 16.6. The molecule has 1 aromatic heterocycles. The second kappa shape index (κ2) is 10.5. The predicted molar refractivity (Wildman–Crippen MR) is 142 cm³/mol. The van der Waals surface area contributed by atoms with Crippen LogP contribution < -0.4 is 10.3 Å². The van der Waals surface area contributed by atoms with Crippen LogP contribution in [0.4, 0.5) is 5.69 Å². The Balaban J connectivity index is 1.80. The molecule has 0 bridgehead atoms. The topological polar surface area (TPSA) is 99.6 Å². The number of hydrogen-bond acceptors (Lipinski definition) is 6. The number of nitro groups is 1. The van der Waals surface area contributed by atoms with E-state index in [1.807, 2.05) is 44.2 Å². The number of hydrogen-bond donors (Lipinski definition) is 0. The summed E-state index contributed by atoms with van der Waals surface area (Å²) in [7, 11) is 0. The van der Waals surface area contributed by atoms with Gasteiger partial charge in [0.15, 0.2) is 0 Å². The summed E-state index contributed by atoms with van der Waals surface area (Å²) in [6.07, 6.45) is 1.85. The zero-order valence-corrected chi connectivity index (χ0v) is 22.0. The van der Waals surface area contributed by atoms with Crippen LogP contribution >= 0.6 is 31.9 Å². The standard InChI is InChI=1S/C25H20Br2N4O4/c1-3-23-29-21-8-7-18(26)11-20(21)25(32)30(23)28-13-17-10-19(27)12-22(31(33)34)24(17)35-14-16-6-4-5-15(2)9-16/h4-13H,3,14H2,1-2H3.